The number of hydrogen-bond donors (Lipinski definition) is 2. The fraction of sp³-hybridized carbons (Fsp3) is 0.150. The molecule has 0 spiro atoms. The molecule has 0 atom stereocenters. The van der Waals surface area contributed by atoms with E-state index in [0.29, 0.717) is 23.0 Å². The van der Waals surface area contributed by atoms with E-state index in [-0.39, 0.29) is 12.0 Å². The number of Topliss-reactive ketones (excluding diaryl/α,β-unsaturated/α-hetero) is 1. The fourth-order valence-corrected chi connectivity index (χ4v) is 3.27. The molecule has 3 aromatic rings. The molecular weight excluding hydrogens is 332 g/mol. The number of amides is 1. The van der Waals surface area contributed by atoms with E-state index in [1.54, 1.807) is 6.07 Å². The molecule has 0 aliphatic rings. The van der Waals surface area contributed by atoms with E-state index in [4.69, 9.17) is 10.8 Å². The number of carboxylic acid groups (broad SMARTS) is 1. The second-order valence-electron chi connectivity index (χ2n) is 6.11. The van der Waals surface area contributed by atoms with Gasteiger partial charge in [0.15, 0.2) is 0 Å². The molecule has 0 aliphatic heterocycles. The summed E-state index contributed by atoms with van der Waals surface area (Å²) in [6.45, 7) is 2.38. The van der Waals surface area contributed by atoms with E-state index in [9.17, 15) is 14.4 Å². The van der Waals surface area contributed by atoms with Gasteiger partial charge in [0.2, 0.25) is 5.91 Å². The van der Waals surface area contributed by atoms with Crippen molar-refractivity contribution in [1.82, 2.24) is 4.57 Å². The maximum absolute atomic E-state index is 12.2. The van der Waals surface area contributed by atoms with E-state index in [0.717, 1.165) is 11.3 Å². The second-order valence-corrected chi connectivity index (χ2v) is 6.11. The van der Waals surface area contributed by atoms with Crippen molar-refractivity contribution in [3.05, 3.63) is 70.9 Å². The van der Waals surface area contributed by atoms with Gasteiger partial charge in [-0.2, -0.15) is 0 Å². The van der Waals surface area contributed by atoms with E-state index in [1.165, 1.54) is 6.07 Å². The van der Waals surface area contributed by atoms with E-state index in [1.807, 2.05) is 47.9 Å². The van der Waals surface area contributed by atoms with Crippen LogP contribution >= 0.6 is 0 Å². The number of fused-ring (bicyclic) bond motifs is 1. The number of benzene rings is 2. The summed E-state index contributed by atoms with van der Waals surface area (Å²) in [4.78, 5) is 34.9. The van der Waals surface area contributed by atoms with Crippen molar-refractivity contribution < 1.29 is 19.5 Å². The van der Waals surface area contributed by atoms with Crippen LogP contribution in [0, 0.1) is 6.92 Å². The first kappa shape index (κ1) is 17.4. The summed E-state index contributed by atoms with van der Waals surface area (Å²) < 4.78 is 1.97. The maximum Gasteiger partial charge on any atom is 0.377 e. The fourth-order valence-electron chi connectivity index (χ4n) is 3.27. The third-order valence-corrected chi connectivity index (χ3v) is 4.45. The van der Waals surface area contributed by atoms with E-state index in [2.05, 4.69) is 0 Å². The molecule has 2 aromatic carbocycles. The lowest BCUT2D eigenvalue weighted by Crippen LogP contribution is -2.16. The average Bonchev–Trinajstić information content (AvgIpc) is 2.87. The van der Waals surface area contributed by atoms with Crippen molar-refractivity contribution in [2.24, 2.45) is 5.73 Å². The van der Waals surface area contributed by atoms with Gasteiger partial charge in [-0.1, -0.05) is 42.5 Å². The Bertz CT molecular complexity index is 1020. The highest BCUT2D eigenvalue weighted by atomic mass is 16.4. The highest BCUT2D eigenvalue weighted by molar-refractivity contribution is 6.42. The number of carboxylic acids is 1. The molecule has 0 radical (unpaired) electrons. The number of nitrogens with two attached hydrogens (primary N) is 1. The van der Waals surface area contributed by atoms with Crippen LogP contribution in [-0.2, 0) is 22.6 Å². The van der Waals surface area contributed by atoms with Crippen molar-refractivity contribution in [3.63, 3.8) is 0 Å². The molecule has 1 amide bonds. The van der Waals surface area contributed by atoms with Crippen molar-refractivity contribution in [2.75, 3.05) is 0 Å². The highest BCUT2D eigenvalue weighted by Gasteiger charge is 2.24. The van der Waals surface area contributed by atoms with Crippen molar-refractivity contribution in [3.8, 4) is 0 Å². The van der Waals surface area contributed by atoms with Crippen LogP contribution in [0.25, 0.3) is 10.9 Å². The van der Waals surface area contributed by atoms with Gasteiger partial charge in [0.05, 0.1) is 6.42 Å². The average molecular weight is 350 g/mol. The molecule has 1 aromatic heterocycles. The molecule has 3 rings (SSSR count). The SMILES string of the molecule is Cc1c(CC(N)=O)c2c(C(=O)C(=O)O)cccc2n1Cc1ccccc1. The third-order valence-electron chi connectivity index (χ3n) is 4.45. The lowest BCUT2D eigenvalue weighted by Gasteiger charge is -2.09. The van der Waals surface area contributed by atoms with Gasteiger partial charge in [-0.15, -0.1) is 0 Å². The quantitative estimate of drug-likeness (QED) is 0.526. The zero-order valence-corrected chi connectivity index (χ0v) is 14.2. The number of hydrogen-bond acceptors (Lipinski definition) is 3. The normalized spacial score (nSPS) is 10.8. The lowest BCUT2D eigenvalue weighted by atomic mass is 9.99. The summed E-state index contributed by atoms with van der Waals surface area (Å²) in [6, 6.07) is 14.7. The topological polar surface area (TPSA) is 102 Å². The van der Waals surface area contributed by atoms with Crippen LogP contribution < -0.4 is 5.73 Å². The number of carbonyl (C=O) groups excluding carboxylic acids is 2. The van der Waals surface area contributed by atoms with Gasteiger partial charge in [0.1, 0.15) is 0 Å². The van der Waals surface area contributed by atoms with Gasteiger partial charge in [0.25, 0.3) is 5.78 Å². The van der Waals surface area contributed by atoms with E-state index < -0.39 is 17.7 Å². The number of aromatic nitrogens is 1. The minimum atomic E-state index is -1.53. The van der Waals surface area contributed by atoms with Gasteiger partial charge < -0.3 is 15.4 Å². The van der Waals surface area contributed by atoms with Crippen LogP contribution in [0.15, 0.2) is 48.5 Å². The molecule has 0 unspecified atom stereocenters. The first-order chi connectivity index (χ1) is 12.4. The minimum absolute atomic E-state index is 0.0615. The Morgan fingerprint density at radius 2 is 1.73 bits per heavy atom. The van der Waals surface area contributed by atoms with Crippen LogP contribution in [-0.4, -0.2) is 27.3 Å². The molecule has 0 saturated heterocycles. The summed E-state index contributed by atoms with van der Waals surface area (Å²) in [7, 11) is 0. The van der Waals surface area contributed by atoms with Gasteiger partial charge in [-0.3, -0.25) is 9.59 Å². The second kappa shape index (κ2) is 6.84. The monoisotopic (exact) mass is 350 g/mol. The number of carbonyl (C=O) groups is 3. The Hall–Kier alpha value is -3.41. The number of rotatable bonds is 6. The number of nitrogens with zero attached hydrogens (tertiary/aromatic N) is 1. The van der Waals surface area contributed by atoms with Crippen LogP contribution in [0.4, 0.5) is 0 Å². The summed E-state index contributed by atoms with van der Waals surface area (Å²) in [5.41, 5.74) is 8.58. The summed E-state index contributed by atoms with van der Waals surface area (Å²) in [5, 5.41) is 9.61. The summed E-state index contributed by atoms with van der Waals surface area (Å²) >= 11 is 0. The summed E-state index contributed by atoms with van der Waals surface area (Å²) in [6.07, 6.45) is -0.0615. The Kier molecular flexibility index (Phi) is 4.58. The molecule has 6 nitrogen and oxygen atoms in total. The predicted molar refractivity (Wildman–Crippen MR) is 97.1 cm³/mol. The number of aliphatic carboxylic acids is 1. The molecule has 6 heteroatoms. The van der Waals surface area contributed by atoms with E-state index >= 15 is 0 Å². The molecular formula is C20H18N2O4. The molecule has 0 aliphatic carbocycles. The Morgan fingerprint density at radius 1 is 1.04 bits per heavy atom. The highest BCUT2D eigenvalue weighted by Crippen LogP contribution is 2.30. The minimum Gasteiger partial charge on any atom is -0.475 e. The number of primary amides is 1. The van der Waals surface area contributed by atoms with Crippen LogP contribution in [0.2, 0.25) is 0 Å². The van der Waals surface area contributed by atoms with Crippen LogP contribution in [0.3, 0.4) is 0 Å². The predicted octanol–water partition coefficient (Wildman–Crippen LogP) is 2.29. The Morgan fingerprint density at radius 3 is 2.35 bits per heavy atom. The van der Waals surface area contributed by atoms with Crippen molar-refractivity contribution in [2.45, 2.75) is 19.9 Å². The smallest absolute Gasteiger partial charge is 0.377 e. The molecule has 0 fully saturated rings. The van der Waals surface area contributed by atoms with Gasteiger partial charge in [0, 0.05) is 28.7 Å². The van der Waals surface area contributed by atoms with Crippen molar-refractivity contribution >= 4 is 28.6 Å². The summed E-state index contributed by atoms with van der Waals surface area (Å²) in [5.74, 6) is -3.07. The zero-order valence-electron chi connectivity index (χ0n) is 14.2. The molecule has 0 saturated carbocycles. The first-order valence-electron chi connectivity index (χ1n) is 8.10. The molecule has 132 valence electrons. The third kappa shape index (κ3) is 3.09. The molecule has 3 N–H and O–H groups in total. The standard InChI is InChI=1S/C20H18N2O4/c1-12-15(10-17(21)23)18-14(19(24)20(25)26)8-5-9-16(18)22(12)11-13-6-3-2-4-7-13/h2-9H,10-11H2,1H3,(H2,21,23)(H,25,26). The maximum atomic E-state index is 12.2. The molecule has 1 heterocycles. The Balaban J connectivity index is 2.27. The zero-order chi connectivity index (χ0) is 18.8. The van der Waals surface area contributed by atoms with Crippen LogP contribution in [0.1, 0.15) is 27.2 Å². The van der Waals surface area contributed by atoms with Gasteiger partial charge in [-0.05, 0) is 24.1 Å². The van der Waals surface area contributed by atoms with Gasteiger partial charge in [-0.25, -0.2) is 4.79 Å². The van der Waals surface area contributed by atoms with Crippen LogP contribution in [0.5, 0.6) is 0 Å². The van der Waals surface area contributed by atoms with Gasteiger partial charge >= 0.3 is 5.97 Å². The molecule has 26 heavy (non-hydrogen) atoms. The Labute approximate surface area is 149 Å². The molecule has 0 bridgehead atoms. The van der Waals surface area contributed by atoms with Crippen molar-refractivity contribution in [1.29, 1.82) is 0 Å². The largest absolute Gasteiger partial charge is 0.475 e. The number of ketones is 1. The first-order valence-corrected chi connectivity index (χ1v) is 8.10. The lowest BCUT2D eigenvalue weighted by molar-refractivity contribution is -0.131.